The summed E-state index contributed by atoms with van der Waals surface area (Å²) in [6.07, 6.45) is 0. The minimum Gasteiger partial charge on any atom is -0.383 e. The van der Waals surface area contributed by atoms with Gasteiger partial charge in [-0.1, -0.05) is 6.07 Å². The molecule has 2 heterocycles. The first-order chi connectivity index (χ1) is 9.99. The van der Waals surface area contributed by atoms with Crippen molar-refractivity contribution in [2.45, 2.75) is 19.1 Å². The summed E-state index contributed by atoms with van der Waals surface area (Å²) in [5.41, 5.74) is -0.232. The van der Waals surface area contributed by atoms with Crippen LogP contribution in [0.4, 0.5) is 0 Å². The van der Waals surface area contributed by atoms with Gasteiger partial charge in [0.15, 0.2) is 0 Å². The molecular formula is C14H16N2O3S2. The van der Waals surface area contributed by atoms with Crippen molar-refractivity contribution >= 4 is 34.5 Å². The summed E-state index contributed by atoms with van der Waals surface area (Å²) in [7, 11) is 0. The van der Waals surface area contributed by atoms with Crippen LogP contribution in [0.25, 0.3) is 0 Å². The fourth-order valence-corrected chi connectivity index (χ4v) is 3.12. The predicted molar refractivity (Wildman–Crippen MR) is 83.1 cm³/mol. The summed E-state index contributed by atoms with van der Waals surface area (Å²) >= 11 is 2.93. The van der Waals surface area contributed by atoms with Gasteiger partial charge in [-0.2, -0.15) is 11.3 Å². The fourth-order valence-electron chi connectivity index (χ4n) is 1.66. The van der Waals surface area contributed by atoms with Crippen molar-refractivity contribution in [1.29, 1.82) is 0 Å². The molecule has 21 heavy (non-hydrogen) atoms. The maximum Gasteiger partial charge on any atom is 0.309 e. The molecule has 2 rings (SSSR count). The Morgan fingerprint density at radius 1 is 1.24 bits per heavy atom. The molecule has 1 unspecified atom stereocenters. The lowest BCUT2D eigenvalue weighted by molar-refractivity contribution is -0.139. The van der Waals surface area contributed by atoms with Gasteiger partial charge in [0.1, 0.15) is 5.60 Å². The van der Waals surface area contributed by atoms with Gasteiger partial charge in [0.05, 0.1) is 6.54 Å². The van der Waals surface area contributed by atoms with E-state index in [4.69, 9.17) is 0 Å². The van der Waals surface area contributed by atoms with E-state index in [0.717, 1.165) is 10.4 Å². The van der Waals surface area contributed by atoms with E-state index in [1.165, 1.54) is 22.7 Å². The van der Waals surface area contributed by atoms with Crippen LogP contribution in [-0.2, 0) is 21.7 Å². The molecule has 2 amide bonds. The first-order valence-corrected chi connectivity index (χ1v) is 8.15. The molecule has 0 saturated heterocycles. The van der Waals surface area contributed by atoms with E-state index in [9.17, 15) is 14.7 Å². The second-order valence-corrected chi connectivity index (χ2v) is 6.48. The van der Waals surface area contributed by atoms with Gasteiger partial charge in [0.2, 0.25) is 0 Å². The Labute approximate surface area is 130 Å². The van der Waals surface area contributed by atoms with Gasteiger partial charge < -0.3 is 15.7 Å². The lowest BCUT2D eigenvalue weighted by Gasteiger charge is -2.22. The highest BCUT2D eigenvalue weighted by molar-refractivity contribution is 7.10. The van der Waals surface area contributed by atoms with Crippen molar-refractivity contribution in [2.24, 2.45) is 0 Å². The minimum atomic E-state index is -1.18. The molecule has 1 atom stereocenters. The highest BCUT2D eigenvalue weighted by Crippen LogP contribution is 2.24. The van der Waals surface area contributed by atoms with Crippen molar-refractivity contribution < 1.29 is 14.7 Å². The van der Waals surface area contributed by atoms with Crippen LogP contribution in [0.5, 0.6) is 0 Å². The molecule has 0 radical (unpaired) electrons. The number of rotatable bonds is 5. The molecule has 3 N–H and O–H groups in total. The lowest BCUT2D eigenvalue weighted by Crippen LogP contribution is -2.45. The zero-order valence-electron chi connectivity index (χ0n) is 11.5. The molecule has 0 fully saturated rings. The number of hydrogen-bond donors (Lipinski definition) is 3. The molecule has 0 aromatic carbocycles. The molecule has 112 valence electrons. The highest BCUT2D eigenvalue weighted by Gasteiger charge is 2.26. The molecule has 0 saturated carbocycles. The summed E-state index contributed by atoms with van der Waals surface area (Å²) in [4.78, 5) is 24.1. The topological polar surface area (TPSA) is 78.4 Å². The Morgan fingerprint density at radius 2 is 2.00 bits per heavy atom. The summed E-state index contributed by atoms with van der Waals surface area (Å²) < 4.78 is 0. The van der Waals surface area contributed by atoms with E-state index in [1.807, 2.05) is 28.3 Å². The predicted octanol–water partition coefficient (Wildman–Crippen LogP) is 1.45. The van der Waals surface area contributed by atoms with Crippen LogP contribution in [0, 0.1) is 0 Å². The van der Waals surface area contributed by atoms with Crippen LogP contribution >= 0.6 is 22.7 Å². The van der Waals surface area contributed by atoms with E-state index in [-0.39, 0.29) is 6.54 Å². The second kappa shape index (κ2) is 6.84. The summed E-state index contributed by atoms with van der Waals surface area (Å²) in [5, 5.41) is 20.9. The van der Waals surface area contributed by atoms with E-state index < -0.39 is 17.4 Å². The zero-order valence-corrected chi connectivity index (χ0v) is 13.1. The molecule has 5 nitrogen and oxygen atoms in total. The number of thiophene rings is 2. The fraction of sp³-hybridized carbons (Fsp3) is 0.286. The molecule has 0 spiro atoms. The molecule has 2 aromatic rings. The van der Waals surface area contributed by atoms with Crippen molar-refractivity contribution in [3.8, 4) is 0 Å². The van der Waals surface area contributed by atoms with Gasteiger partial charge in [-0.25, -0.2) is 0 Å². The van der Waals surface area contributed by atoms with Crippen molar-refractivity contribution in [2.75, 3.05) is 6.54 Å². The molecule has 7 heteroatoms. The van der Waals surface area contributed by atoms with E-state index in [2.05, 4.69) is 10.6 Å². The van der Waals surface area contributed by atoms with Gasteiger partial charge in [-0.15, -0.1) is 11.3 Å². The first kappa shape index (κ1) is 15.7. The summed E-state index contributed by atoms with van der Waals surface area (Å²) in [6.45, 7) is 1.90. The maximum atomic E-state index is 11.7. The molecular weight excluding hydrogens is 308 g/mol. The van der Waals surface area contributed by atoms with Gasteiger partial charge in [0, 0.05) is 11.4 Å². The van der Waals surface area contributed by atoms with Crippen LogP contribution in [0.2, 0.25) is 0 Å². The third kappa shape index (κ3) is 4.38. The third-order valence-corrected chi connectivity index (χ3v) is 4.74. The third-order valence-electron chi connectivity index (χ3n) is 2.88. The van der Waals surface area contributed by atoms with Crippen LogP contribution in [0.1, 0.15) is 17.4 Å². The largest absolute Gasteiger partial charge is 0.383 e. The van der Waals surface area contributed by atoms with Gasteiger partial charge in [0.25, 0.3) is 0 Å². The Bertz CT molecular complexity index is 592. The highest BCUT2D eigenvalue weighted by atomic mass is 32.1. The Morgan fingerprint density at radius 3 is 2.62 bits per heavy atom. The summed E-state index contributed by atoms with van der Waals surface area (Å²) in [6, 6.07) is 5.49. The monoisotopic (exact) mass is 324 g/mol. The van der Waals surface area contributed by atoms with E-state index in [1.54, 1.807) is 13.0 Å². The normalized spacial score (nSPS) is 13.4. The molecule has 2 aromatic heterocycles. The Kier molecular flexibility index (Phi) is 5.11. The van der Waals surface area contributed by atoms with Crippen molar-refractivity contribution in [1.82, 2.24) is 10.6 Å². The number of nitrogens with one attached hydrogen (secondary N) is 2. The van der Waals surface area contributed by atoms with Crippen LogP contribution < -0.4 is 10.6 Å². The molecule has 0 aliphatic rings. The standard InChI is InChI=1S/C14H16N2O3S2/c1-14(19,11-3-2-5-21-11)9-16-13(18)12(17)15-7-10-4-6-20-8-10/h2-6,8,19H,7,9H2,1H3,(H,15,17)(H,16,18). The Hall–Kier alpha value is -1.70. The minimum absolute atomic E-state index is 0.0157. The number of carbonyl (C=O) groups excluding carboxylic acids is 2. The second-order valence-electron chi connectivity index (χ2n) is 4.75. The summed E-state index contributed by atoms with van der Waals surface area (Å²) in [5.74, 6) is -1.45. The van der Waals surface area contributed by atoms with Crippen LogP contribution in [0.15, 0.2) is 34.3 Å². The Balaban J connectivity index is 1.80. The van der Waals surface area contributed by atoms with Gasteiger partial charge >= 0.3 is 11.8 Å². The number of aliphatic hydroxyl groups is 1. The first-order valence-electron chi connectivity index (χ1n) is 6.32. The maximum absolute atomic E-state index is 11.7. The molecule has 0 aliphatic heterocycles. The van der Waals surface area contributed by atoms with E-state index >= 15 is 0 Å². The van der Waals surface area contributed by atoms with Gasteiger partial charge in [-0.3, -0.25) is 9.59 Å². The number of hydrogen-bond acceptors (Lipinski definition) is 5. The SMILES string of the molecule is CC(O)(CNC(=O)C(=O)NCc1ccsc1)c1cccs1. The van der Waals surface area contributed by atoms with Crippen molar-refractivity contribution in [3.05, 3.63) is 44.8 Å². The van der Waals surface area contributed by atoms with Crippen LogP contribution in [0.3, 0.4) is 0 Å². The number of carbonyl (C=O) groups is 2. The van der Waals surface area contributed by atoms with Gasteiger partial charge in [-0.05, 0) is 40.8 Å². The zero-order chi connectivity index (χ0) is 15.3. The number of amides is 2. The quantitative estimate of drug-likeness (QED) is 0.729. The molecule has 0 aliphatic carbocycles. The lowest BCUT2D eigenvalue weighted by atomic mass is 10.1. The van der Waals surface area contributed by atoms with E-state index in [0.29, 0.717) is 6.54 Å². The smallest absolute Gasteiger partial charge is 0.309 e. The average Bonchev–Trinajstić information content (AvgIpc) is 3.14. The molecule has 0 bridgehead atoms. The van der Waals surface area contributed by atoms with Crippen molar-refractivity contribution in [3.63, 3.8) is 0 Å². The van der Waals surface area contributed by atoms with Crippen LogP contribution in [-0.4, -0.2) is 23.5 Å². The average molecular weight is 324 g/mol.